The molecule has 3 rings (SSSR count). The summed E-state index contributed by atoms with van der Waals surface area (Å²) in [5.41, 5.74) is 0.876. The highest BCUT2D eigenvalue weighted by Gasteiger charge is 2.41. The van der Waals surface area contributed by atoms with Crippen molar-refractivity contribution in [3.05, 3.63) is 35.9 Å². The summed E-state index contributed by atoms with van der Waals surface area (Å²) in [5, 5.41) is 3.00. The standard InChI is InChI=1S/C25H35NO6/c1-17(15-21-24(29)32-25(2,3)31-21)13-14-22(27)26-20(18-9-5-4-6-10-18)16-23(28)30-19-11-7-8-12-19/h4-6,9-10,17,19-21H,7-8,11-16H2,1-3H3,(H,26,27)/t17?,20?,21-/m0/s1. The molecule has 1 heterocycles. The predicted octanol–water partition coefficient (Wildman–Crippen LogP) is 4.20. The third kappa shape index (κ3) is 7.33. The molecular formula is C25H35NO6. The van der Waals surface area contributed by atoms with E-state index in [0.717, 1.165) is 31.2 Å². The van der Waals surface area contributed by atoms with Crippen molar-refractivity contribution in [1.82, 2.24) is 5.32 Å². The van der Waals surface area contributed by atoms with E-state index in [9.17, 15) is 14.4 Å². The zero-order chi connectivity index (χ0) is 23.1. The first-order valence-corrected chi connectivity index (χ1v) is 11.7. The molecule has 0 aromatic heterocycles. The minimum atomic E-state index is -0.894. The van der Waals surface area contributed by atoms with E-state index in [1.165, 1.54) is 0 Å². The van der Waals surface area contributed by atoms with Gasteiger partial charge in [-0.1, -0.05) is 37.3 Å². The number of cyclic esters (lactones) is 1. The van der Waals surface area contributed by atoms with Crippen LogP contribution in [0.25, 0.3) is 0 Å². The van der Waals surface area contributed by atoms with Crippen molar-refractivity contribution < 1.29 is 28.6 Å². The maximum Gasteiger partial charge on any atom is 0.337 e. The van der Waals surface area contributed by atoms with Crippen LogP contribution in [0, 0.1) is 5.92 Å². The summed E-state index contributed by atoms with van der Waals surface area (Å²) >= 11 is 0. The maximum absolute atomic E-state index is 12.7. The second-order valence-corrected chi connectivity index (χ2v) is 9.44. The Balaban J connectivity index is 1.49. The normalized spacial score (nSPS) is 22.2. The van der Waals surface area contributed by atoms with Gasteiger partial charge in [0.2, 0.25) is 11.7 Å². The van der Waals surface area contributed by atoms with Crippen LogP contribution < -0.4 is 5.32 Å². The minimum absolute atomic E-state index is 0.00458. The summed E-state index contributed by atoms with van der Waals surface area (Å²) in [6.07, 6.45) is 4.95. The van der Waals surface area contributed by atoms with E-state index < -0.39 is 17.9 Å². The fraction of sp³-hybridized carbons (Fsp3) is 0.640. The monoisotopic (exact) mass is 445 g/mol. The minimum Gasteiger partial charge on any atom is -0.462 e. The van der Waals surface area contributed by atoms with Crippen LogP contribution in [-0.4, -0.2) is 35.8 Å². The number of benzene rings is 1. The van der Waals surface area contributed by atoms with Crippen molar-refractivity contribution in [3.8, 4) is 0 Å². The lowest BCUT2D eigenvalue weighted by atomic mass is 9.97. The highest BCUT2D eigenvalue weighted by molar-refractivity contribution is 5.78. The van der Waals surface area contributed by atoms with E-state index in [2.05, 4.69) is 5.32 Å². The van der Waals surface area contributed by atoms with E-state index in [4.69, 9.17) is 14.2 Å². The van der Waals surface area contributed by atoms with Crippen molar-refractivity contribution in [1.29, 1.82) is 0 Å². The Morgan fingerprint density at radius 1 is 1.19 bits per heavy atom. The summed E-state index contributed by atoms with van der Waals surface area (Å²) in [6.45, 7) is 5.41. The molecule has 0 spiro atoms. The summed E-state index contributed by atoms with van der Waals surface area (Å²) in [5.74, 6) is -1.55. The highest BCUT2D eigenvalue weighted by atomic mass is 16.8. The average molecular weight is 446 g/mol. The quantitative estimate of drug-likeness (QED) is 0.543. The lowest BCUT2D eigenvalue weighted by molar-refractivity contribution is -0.161. The molecule has 0 bridgehead atoms. The fourth-order valence-electron chi connectivity index (χ4n) is 4.34. The summed E-state index contributed by atoms with van der Waals surface area (Å²) in [6, 6.07) is 9.06. The van der Waals surface area contributed by atoms with Gasteiger partial charge in [0.05, 0.1) is 12.5 Å². The van der Waals surface area contributed by atoms with E-state index in [0.29, 0.717) is 19.3 Å². The molecular weight excluding hydrogens is 410 g/mol. The first-order valence-electron chi connectivity index (χ1n) is 11.7. The highest BCUT2D eigenvalue weighted by Crippen LogP contribution is 2.29. The van der Waals surface area contributed by atoms with E-state index >= 15 is 0 Å². The number of carbonyl (C=O) groups excluding carboxylic acids is 3. The molecule has 1 N–H and O–H groups in total. The third-order valence-corrected chi connectivity index (χ3v) is 6.02. The van der Waals surface area contributed by atoms with Crippen molar-refractivity contribution in [2.45, 2.75) is 96.2 Å². The van der Waals surface area contributed by atoms with E-state index in [1.807, 2.05) is 37.3 Å². The number of amides is 1. The second-order valence-electron chi connectivity index (χ2n) is 9.44. The second kappa shape index (κ2) is 10.9. The molecule has 1 amide bonds. The molecule has 1 saturated heterocycles. The zero-order valence-corrected chi connectivity index (χ0v) is 19.3. The first-order chi connectivity index (χ1) is 15.2. The Morgan fingerprint density at radius 3 is 2.50 bits per heavy atom. The molecule has 0 radical (unpaired) electrons. The van der Waals surface area contributed by atoms with Crippen LogP contribution in [0.4, 0.5) is 0 Å². The molecule has 32 heavy (non-hydrogen) atoms. The van der Waals surface area contributed by atoms with Crippen LogP contribution in [0.5, 0.6) is 0 Å². The lowest BCUT2D eigenvalue weighted by Gasteiger charge is -2.21. The molecule has 1 aromatic carbocycles. The van der Waals surface area contributed by atoms with Crippen molar-refractivity contribution >= 4 is 17.8 Å². The lowest BCUT2D eigenvalue weighted by Crippen LogP contribution is -2.31. The van der Waals surface area contributed by atoms with Gasteiger partial charge >= 0.3 is 11.9 Å². The molecule has 1 aliphatic heterocycles. The number of nitrogens with one attached hydrogen (secondary N) is 1. The number of ether oxygens (including phenoxy) is 3. The van der Waals surface area contributed by atoms with Gasteiger partial charge in [-0.05, 0) is 50.0 Å². The van der Waals surface area contributed by atoms with Crippen LogP contribution in [-0.2, 0) is 28.6 Å². The van der Waals surface area contributed by atoms with Crippen molar-refractivity contribution in [3.63, 3.8) is 0 Å². The zero-order valence-electron chi connectivity index (χ0n) is 19.3. The van der Waals surface area contributed by atoms with Crippen LogP contribution in [0.3, 0.4) is 0 Å². The topological polar surface area (TPSA) is 90.9 Å². The number of rotatable bonds is 10. The molecule has 7 nitrogen and oxygen atoms in total. The molecule has 7 heteroatoms. The Morgan fingerprint density at radius 2 is 1.88 bits per heavy atom. The molecule has 3 atom stereocenters. The Labute approximate surface area is 190 Å². The summed E-state index contributed by atoms with van der Waals surface area (Å²) in [7, 11) is 0. The number of hydrogen-bond donors (Lipinski definition) is 1. The Hall–Kier alpha value is -2.41. The van der Waals surface area contributed by atoms with E-state index in [-0.39, 0.29) is 36.3 Å². The molecule has 1 saturated carbocycles. The van der Waals surface area contributed by atoms with Crippen LogP contribution in [0.2, 0.25) is 0 Å². The number of hydrogen-bond acceptors (Lipinski definition) is 6. The molecule has 2 fully saturated rings. The van der Waals surface area contributed by atoms with Gasteiger partial charge in [-0.25, -0.2) is 4.79 Å². The SMILES string of the molecule is CC(CCC(=O)NC(CC(=O)OC1CCCC1)c1ccccc1)C[C@@H]1OC(C)(C)OC1=O. The van der Waals surface area contributed by atoms with Gasteiger partial charge in [0.1, 0.15) is 6.10 Å². The Bertz CT molecular complexity index is 787. The van der Waals surface area contributed by atoms with Gasteiger partial charge in [0.15, 0.2) is 6.10 Å². The molecule has 176 valence electrons. The maximum atomic E-state index is 12.7. The Kier molecular flexibility index (Phi) is 8.29. The van der Waals surface area contributed by atoms with Crippen LogP contribution in [0.1, 0.15) is 83.7 Å². The van der Waals surface area contributed by atoms with Crippen LogP contribution in [0.15, 0.2) is 30.3 Å². The van der Waals surface area contributed by atoms with Gasteiger partial charge in [-0.15, -0.1) is 0 Å². The smallest absolute Gasteiger partial charge is 0.337 e. The van der Waals surface area contributed by atoms with Gasteiger partial charge in [0, 0.05) is 20.3 Å². The van der Waals surface area contributed by atoms with Crippen molar-refractivity contribution in [2.24, 2.45) is 5.92 Å². The number of carbonyl (C=O) groups is 3. The molecule has 2 aliphatic rings. The molecule has 1 aliphatic carbocycles. The first kappa shape index (κ1) is 24.2. The third-order valence-electron chi connectivity index (χ3n) is 6.02. The van der Waals surface area contributed by atoms with Gasteiger partial charge < -0.3 is 19.5 Å². The van der Waals surface area contributed by atoms with Crippen molar-refractivity contribution in [2.75, 3.05) is 0 Å². The average Bonchev–Trinajstić information content (AvgIpc) is 3.33. The van der Waals surface area contributed by atoms with Crippen LogP contribution >= 0.6 is 0 Å². The van der Waals surface area contributed by atoms with Gasteiger partial charge in [-0.3, -0.25) is 9.59 Å². The fourth-order valence-corrected chi connectivity index (χ4v) is 4.34. The number of esters is 2. The van der Waals surface area contributed by atoms with E-state index in [1.54, 1.807) is 13.8 Å². The molecule has 2 unspecified atom stereocenters. The largest absolute Gasteiger partial charge is 0.462 e. The van der Waals surface area contributed by atoms with Gasteiger partial charge in [-0.2, -0.15) is 0 Å². The summed E-state index contributed by atoms with van der Waals surface area (Å²) < 4.78 is 16.4. The summed E-state index contributed by atoms with van der Waals surface area (Å²) in [4.78, 5) is 37.1. The van der Waals surface area contributed by atoms with Gasteiger partial charge in [0.25, 0.3) is 0 Å². The predicted molar refractivity (Wildman–Crippen MR) is 118 cm³/mol. The molecule has 1 aromatic rings.